The Kier molecular flexibility index (Phi) is 6.58. The van der Waals surface area contributed by atoms with Crippen molar-refractivity contribution in [3.63, 3.8) is 0 Å². The normalized spacial score (nSPS) is 10.3. The van der Waals surface area contributed by atoms with Gasteiger partial charge in [0.15, 0.2) is 6.61 Å². The first-order valence-corrected chi connectivity index (χ1v) is 7.83. The lowest BCUT2D eigenvalue weighted by Crippen LogP contribution is -2.20. The SMILES string of the molecule is N#Cc1ccc(NC(=O)COC(=O)/C=C/c2cccc(Cl)c2)cc1Cl. The van der Waals surface area contributed by atoms with E-state index >= 15 is 0 Å². The Balaban J connectivity index is 1.84. The molecule has 7 heteroatoms. The van der Waals surface area contributed by atoms with Crippen molar-refractivity contribution < 1.29 is 14.3 Å². The minimum atomic E-state index is -0.659. The van der Waals surface area contributed by atoms with Crippen LogP contribution in [-0.2, 0) is 14.3 Å². The van der Waals surface area contributed by atoms with Gasteiger partial charge in [0.2, 0.25) is 0 Å². The van der Waals surface area contributed by atoms with Crippen molar-refractivity contribution in [2.45, 2.75) is 0 Å². The summed E-state index contributed by atoms with van der Waals surface area (Å²) in [6, 6.07) is 13.3. The van der Waals surface area contributed by atoms with Gasteiger partial charge in [-0.25, -0.2) is 4.79 Å². The van der Waals surface area contributed by atoms with Gasteiger partial charge in [-0.2, -0.15) is 5.26 Å². The molecule has 0 bridgehead atoms. The van der Waals surface area contributed by atoms with E-state index < -0.39 is 18.5 Å². The number of nitrogens with one attached hydrogen (secondary N) is 1. The van der Waals surface area contributed by atoms with Crippen LogP contribution in [0.3, 0.4) is 0 Å². The summed E-state index contributed by atoms with van der Waals surface area (Å²) in [7, 11) is 0. The first-order chi connectivity index (χ1) is 12.0. The Hall–Kier alpha value is -2.81. The number of carbonyl (C=O) groups excluding carboxylic acids is 2. The first-order valence-electron chi connectivity index (χ1n) is 7.08. The third-order valence-corrected chi connectivity index (χ3v) is 3.53. The Morgan fingerprint density at radius 2 is 2.00 bits per heavy atom. The van der Waals surface area contributed by atoms with Crippen LogP contribution in [-0.4, -0.2) is 18.5 Å². The van der Waals surface area contributed by atoms with Gasteiger partial charge in [0, 0.05) is 16.8 Å². The summed E-state index contributed by atoms with van der Waals surface area (Å²) in [5.41, 5.74) is 1.44. The highest BCUT2D eigenvalue weighted by Crippen LogP contribution is 2.20. The van der Waals surface area contributed by atoms with Gasteiger partial charge in [-0.1, -0.05) is 35.3 Å². The molecule has 0 atom stereocenters. The molecule has 2 aromatic carbocycles. The molecule has 0 aliphatic heterocycles. The standard InChI is InChI=1S/C18H12Cl2N2O3/c19-14-3-1-2-12(8-14)4-7-18(24)25-11-17(23)22-15-6-5-13(10-21)16(20)9-15/h1-9H,11H2,(H,22,23)/b7-4+. The van der Waals surface area contributed by atoms with E-state index in [0.717, 1.165) is 5.56 Å². The third kappa shape index (κ3) is 5.96. The van der Waals surface area contributed by atoms with E-state index in [-0.39, 0.29) is 5.02 Å². The first kappa shape index (κ1) is 18.5. The largest absolute Gasteiger partial charge is 0.452 e. The highest BCUT2D eigenvalue weighted by Gasteiger charge is 2.07. The van der Waals surface area contributed by atoms with Crippen LogP contribution in [0.1, 0.15) is 11.1 Å². The summed E-state index contributed by atoms with van der Waals surface area (Å²) in [4.78, 5) is 23.4. The number of hydrogen-bond donors (Lipinski definition) is 1. The summed E-state index contributed by atoms with van der Waals surface area (Å²) >= 11 is 11.7. The molecular formula is C18H12Cl2N2O3. The molecule has 0 saturated carbocycles. The number of benzene rings is 2. The maximum atomic E-state index is 11.8. The number of rotatable bonds is 5. The number of nitriles is 1. The Morgan fingerprint density at radius 3 is 2.68 bits per heavy atom. The van der Waals surface area contributed by atoms with Gasteiger partial charge in [0.25, 0.3) is 5.91 Å². The molecule has 0 aromatic heterocycles. The molecule has 5 nitrogen and oxygen atoms in total. The smallest absolute Gasteiger partial charge is 0.331 e. The Bertz CT molecular complexity index is 873. The van der Waals surface area contributed by atoms with Crippen LogP contribution in [0.2, 0.25) is 10.0 Å². The minimum absolute atomic E-state index is 0.224. The number of ether oxygens (including phenoxy) is 1. The van der Waals surface area contributed by atoms with Gasteiger partial charge in [0.1, 0.15) is 6.07 Å². The van der Waals surface area contributed by atoms with Gasteiger partial charge < -0.3 is 10.1 Å². The number of halogens is 2. The molecule has 126 valence electrons. The molecule has 1 amide bonds. The zero-order chi connectivity index (χ0) is 18.2. The molecule has 0 spiro atoms. The molecule has 0 fully saturated rings. The fourth-order valence-corrected chi connectivity index (χ4v) is 2.26. The molecule has 0 unspecified atom stereocenters. The second kappa shape index (κ2) is 8.88. The van der Waals surface area contributed by atoms with Gasteiger partial charge in [-0.15, -0.1) is 0 Å². The number of esters is 1. The fraction of sp³-hybridized carbons (Fsp3) is 0.0556. The van der Waals surface area contributed by atoms with Crippen molar-refractivity contribution in [2.24, 2.45) is 0 Å². The van der Waals surface area contributed by atoms with E-state index in [0.29, 0.717) is 16.3 Å². The minimum Gasteiger partial charge on any atom is -0.452 e. The molecule has 2 aromatic rings. The van der Waals surface area contributed by atoms with E-state index in [1.165, 1.54) is 30.4 Å². The monoisotopic (exact) mass is 374 g/mol. The second-order valence-corrected chi connectivity index (χ2v) is 5.69. The average molecular weight is 375 g/mol. The van der Waals surface area contributed by atoms with Gasteiger partial charge >= 0.3 is 5.97 Å². The van der Waals surface area contributed by atoms with Crippen LogP contribution >= 0.6 is 23.2 Å². The summed E-state index contributed by atoms with van der Waals surface area (Å²) in [6.07, 6.45) is 2.74. The lowest BCUT2D eigenvalue weighted by molar-refractivity contribution is -0.142. The molecule has 0 aliphatic carbocycles. The molecule has 0 saturated heterocycles. The van der Waals surface area contributed by atoms with Crippen LogP contribution in [0.4, 0.5) is 5.69 Å². The summed E-state index contributed by atoms with van der Waals surface area (Å²) in [6.45, 7) is -0.448. The Morgan fingerprint density at radius 1 is 1.20 bits per heavy atom. The number of amides is 1. The van der Waals surface area contributed by atoms with Crippen LogP contribution in [0.15, 0.2) is 48.5 Å². The lowest BCUT2D eigenvalue weighted by Gasteiger charge is -2.06. The van der Waals surface area contributed by atoms with Crippen LogP contribution in [0.5, 0.6) is 0 Å². The molecule has 0 heterocycles. The lowest BCUT2D eigenvalue weighted by atomic mass is 10.2. The predicted octanol–water partition coefficient (Wildman–Crippen LogP) is 4.06. The van der Waals surface area contributed by atoms with Crippen molar-refractivity contribution in [3.05, 3.63) is 69.7 Å². The third-order valence-electron chi connectivity index (χ3n) is 2.98. The van der Waals surface area contributed by atoms with E-state index in [1.54, 1.807) is 24.3 Å². The number of anilines is 1. The zero-order valence-electron chi connectivity index (χ0n) is 12.8. The molecule has 0 aliphatic rings. The number of nitrogens with zero attached hydrogens (tertiary/aromatic N) is 1. The van der Waals surface area contributed by atoms with E-state index in [9.17, 15) is 9.59 Å². The van der Waals surface area contributed by atoms with Crippen LogP contribution < -0.4 is 5.32 Å². The molecule has 1 N–H and O–H groups in total. The summed E-state index contributed by atoms with van der Waals surface area (Å²) in [5, 5.41) is 12.1. The highest BCUT2D eigenvalue weighted by molar-refractivity contribution is 6.32. The predicted molar refractivity (Wildman–Crippen MR) is 96.2 cm³/mol. The second-order valence-electron chi connectivity index (χ2n) is 4.85. The van der Waals surface area contributed by atoms with E-state index in [4.69, 9.17) is 33.2 Å². The summed E-state index contributed by atoms with van der Waals surface area (Å²) in [5.74, 6) is -1.18. The number of hydrogen-bond acceptors (Lipinski definition) is 4. The van der Waals surface area contributed by atoms with E-state index in [1.807, 2.05) is 6.07 Å². The van der Waals surface area contributed by atoms with E-state index in [2.05, 4.69) is 5.32 Å². The van der Waals surface area contributed by atoms with Crippen LogP contribution in [0, 0.1) is 11.3 Å². The maximum absolute atomic E-state index is 11.8. The molecule has 2 rings (SSSR count). The van der Waals surface area contributed by atoms with Crippen molar-refractivity contribution in [2.75, 3.05) is 11.9 Å². The van der Waals surface area contributed by atoms with Gasteiger partial charge in [-0.05, 0) is 42.0 Å². The molecule has 0 radical (unpaired) electrons. The quantitative estimate of drug-likeness (QED) is 0.631. The van der Waals surface area contributed by atoms with Crippen molar-refractivity contribution in [1.29, 1.82) is 5.26 Å². The molecule has 25 heavy (non-hydrogen) atoms. The number of carbonyl (C=O) groups is 2. The van der Waals surface area contributed by atoms with Crippen molar-refractivity contribution in [3.8, 4) is 6.07 Å². The van der Waals surface area contributed by atoms with Crippen molar-refractivity contribution >= 4 is 46.8 Å². The zero-order valence-corrected chi connectivity index (χ0v) is 14.3. The topological polar surface area (TPSA) is 79.2 Å². The average Bonchev–Trinajstić information content (AvgIpc) is 2.58. The maximum Gasteiger partial charge on any atom is 0.331 e. The molecular weight excluding hydrogens is 363 g/mol. The fourth-order valence-electron chi connectivity index (χ4n) is 1.84. The van der Waals surface area contributed by atoms with Gasteiger partial charge in [-0.3, -0.25) is 4.79 Å². The summed E-state index contributed by atoms with van der Waals surface area (Å²) < 4.78 is 4.85. The Labute approximate surface area is 154 Å². The van der Waals surface area contributed by atoms with Crippen molar-refractivity contribution in [1.82, 2.24) is 0 Å². The van der Waals surface area contributed by atoms with Crippen LogP contribution in [0.25, 0.3) is 6.08 Å². The van der Waals surface area contributed by atoms with Gasteiger partial charge in [0.05, 0.1) is 10.6 Å². The highest BCUT2D eigenvalue weighted by atomic mass is 35.5.